The molecule has 0 aliphatic carbocycles. The Bertz CT molecular complexity index is 742. The standard InChI is InChI=1S/C16H16N4O/c1-10(14-3-2-6-18-14)13-9-19-15-5-4-11(7-12(13)15)8-20-16(17)21/h2-7,9,18H,8H2,1H3,(H3,17,20,21). The fourth-order valence-corrected chi connectivity index (χ4v) is 2.42. The van der Waals surface area contributed by atoms with Crippen molar-refractivity contribution in [2.24, 2.45) is 10.7 Å². The number of rotatable bonds is 3. The van der Waals surface area contributed by atoms with Crippen LogP contribution >= 0.6 is 0 Å². The Hall–Kier alpha value is -2.82. The number of aliphatic imine (C=N–C) groups is 1. The fourth-order valence-electron chi connectivity index (χ4n) is 2.42. The second-order valence-corrected chi connectivity index (χ2v) is 4.95. The molecule has 5 nitrogen and oxygen atoms in total. The second kappa shape index (κ2) is 5.28. The van der Waals surface area contributed by atoms with E-state index in [1.807, 2.05) is 42.7 Å². The highest BCUT2D eigenvalue weighted by Gasteiger charge is 2.16. The number of aromatic nitrogens is 1. The van der Waals surface area contributed by atoms with Crippen LogP contribution in [0.15, 0.2) is 41.5 Å². The van der Waals surface area contributed by atoms with Crippen molar-refractivity contribution in [3.05, 3.63) is 53.3 Å². The van der Waals surface area contributed by atoms with Crippen LogP contribution in [0.2, 0.25) is 0 Å². The highest BCUT2D eigenvalue weighted by atomic mass is 16.2. The number of nitrogens with two attached hydrogens (primary N) is 1. The first-order valence-electron chi connectivity index (χ1n) is 6.70. The summed E-state index contributed by atoms with van der Waals surface area (Å²) in [6, 6.07) is 9.43. The van der Waals surface area contributed by atoms with Gasteiger partial charge in [0.25, 0.3) is 0 Å². The minimum Gasteiger partial charge on any atom is -0.361 e. The minimum absolute atomic E-state index is 0.414. The molecule has 3 rings (SSSR count). The Morgan fingerprint density at radius 3 is 2.95 bits per heavy atom. The van der Waals surface area contributed by atoms with Gasteiger partial charge in [-0.3, -0.25) is 4.99 Å². The molecule has 21 heavy (non-hydrogen) atoms. The lowest BCUT2D eigenvalue weighted by molar-refractivity contribution is 0.248. The molecule has 1 aliphatic heterocycles. The molecule has 0 atom stereocenters. The number of fused-ring (bicyclic) bond motifs is 1. The van der Waals surface area contributed by atoms with E-state index in [9.17, 15) is 4.79 Å². The van der Waals surface area contributed by atoms with E-state index in [2.05, 4.69) is 22.2 Å². The molecule has 0 fully saturated rings. The van der Waals surface area contributed by atoms with Crippen LogP contribution in [0.4, 0.5) is 10.5 Å². The second-order valence-electron chi connectivity index (χ2n) is 4.95. The van der Waals surface area contributed by atoms with Gasteiger partial charge in [0.1, 0.15) is 0 Å². The van der Waals surface area contributed by atoms with E-state index in [-0.39, 0.29) is 0 Å². The smallest absolute Gasteiger partial charge is 0.312 e. The molecule has 4 N–H and O–H groups in total. The Labute approximate surface area is 122 Å². The monoisotopic (exact) mass is 280 g/mol. The van der Waals surface area contributed by atoms with Gasteiger partial charge in [0.05, 0.1) is 5.69 Å². The van der Waals surface area contributed by atoms with Crippen molar-refractivity contribution < 1.29 is 4.79 Å². The largest absolute Gasteiger partial charge is 0.361 e. The highest BCUT2D eigenvalue weighted by Crippen LogP contribution is 2.36. The van der Waals surface area contributed by atoms with Gasteiger partial charge in [-0.05, 0) is 42.3 Å². The summed E-state index contributed by atoms with van der Waals surface area (Å²) >= 11 is 0. The number of nitrogens with one attached hydrogen (secondary N) is 2. The summed E-state index contributed by atoms with van der Waals surface area (Å²) in [5, 5.41) is 2.60. The highest BCUT2D eigenvalue weighted by molar-refractivity contribution is 6.23. The Kier molecular flexibility index (Phi) is 3.31. The van der Waals surface area contributed by atoms with Crippen molar-refractivity contribution >= 4 is 29.1 Å². The van der Waals surface area contributed by atoms with Gasteiger partial charge in [-0.2, -0.15) is 0 Å². The zero-order valence-electron chi connectivity index (χ0n) is 11.7. The van der Waals surface area contributed by atoms with Crippen LogP contribution in [0, 0.1) is 0 Å². The zero-order valence-corrected chi connectivity index (χ0v) is 11.7. The number of H-pyrrole nitrogens is 1. The maximum absolute atomic E-state index is 10.8. The van der Waals surface area contributed by atoms with Crippen molar-refractivity contribution in [1.82, 2.24) is 10.3 Å². The number of urea groups is 1. The first-order chi connectivity index (χ1) is 10.1. The van der Waals surface area contributed by atoms with Crippen LogP contribution in [-0.4, -0.2) is 17.2 Å². The lowest BCUT2D eigenvalue weighted by atomic mass is 9.98. The number of benzene rings is 1. The van der Waals surface area contributed by atoms with Crippen LogP contribution in [0.3, 0.4) is 0 Å². The lowest BCUT2D eigenvalue weighted by Crippen LogP contribution is -2.28. The van der Waals surface area contributed by atoms with Gasteiger partial charge >= 0.3 is 6.03 Å². The summed E-state index contributed by atoms with van der Waals surface area (Å²) in [5.41, 5.74) is 11.4. The molecule has 2 amide bonds. The van der Waals surface area contributed by atoms with Crippen molar-refractivity contribution in [3.8, 4) is 0 Å². The first-order valence-corrected chi connectivity index (χ1v) is 6.70. The Balaban J connectivity index is 1.97. The maximum atomic E-state index is 10.8. The molecule has 5 heteroatoms. The van der Waals surface area contributed by atoms with E-state index in [4.69, 9.17) is 5.73 Å². The van der Waals surface area contributed by atoms with Gasteiger partial charge in [-0.15, -0.1) is 0 Å². The van der Waals surface area contributed by atoms with E-state index in [0.29, 0.717) is 6.54 Å². The number of nitrogens with zero attached hydrogens (tertiary/aromatic N) is 1. The fraction of sp³-hybridized carbons (Fsp3) is 0.125. The molecule has 0 saturated carbocycles. The van der Waals surface area contributed by atoms with Gasteiger partial charge < -0.3 is 16.0 Å². The summed E-state index contributed by atoms with van der Waals surface area (Å²) in [6.45, 7) is 2.48. The van der Waals surface area contributed by atoms with E-state index in [0.717, 1.165) is 33.7 Å². The number of aromatic amines is 1. The number of allylic oxidation sites excluding steroid dienone is 2. The van der Waals surface area contributed by atoms with E-state index >= 15 is 0 Å². The third kappa shape index (κ3) is 2.58. The van der Waals surface area contributed by atoms with Crippen molar-refractivity contribution in [2.75, 3.05) is 0 Å². The molecule has 1 aromatic heterocycles. The van der Waals surface area contributed by atoms with Crippen molar-refractivity contribution in [2.45, 2.75) is 13.5 Å². The van der Waals surface area contributed by atoms with Crippen molar-refractivity contribution in [1.29, 1.82) is 0 Å². The lowest BCUT2D eigenvalue weighted by Gasteiger charge is -2.08. The average Bonchev–Trinajstić information content (AvgIpc) is 3.13. The summed E-state index contributed by atoms with van der Waals surface area (Å²) in [7, 11) is 0. The van der Waals surface area contributed by atoms with Crippen LogP contribution < -0.4 is 11.1 Å². The average molecular weight is 280 g/mol. The normalized spacial score (nSPS) is 14.9. The number of hydrogen-bond donors (Lipinski definition) is 3. The molecule has 0 saturated heterocycles. The Morgan fingerprint density at radius 2 is 2.24 bits per heavy atom. The van der Waals surface area contributed by atoms with E-state index < -0.39 is 6.03 Å². The van der Waals surface area contributed by atoms with Crippen molar-refractivity contribution in [3.63, 3.8) is 0 Å². The number of amides is 2. The SMILES string of the molecule is CC(=C1C=Nc2ccc(CNC(N)=O)cc21)c1ccc[nH]1. The zero-order chi connectivity index (χ0) is 14.8. The summed E-state index contributed by atoms with van der Waals surface area (Å²) in [5.74, 6) is 0. The number of carbonyl (C=O) groups is 1. The summed E-state index contributed by atoms with van der Waals surface area (Å²) in [6.07, 6.45) is 3.78. The van der Waals surface area contributed by atoms with Gasteiger partial charge in [-0.25, -0.2) is 4.79 Å². The molecule has 2 heterocycles. The van der Waals surface area contributed by atoms with E-state index in [1.54, 1.807) is 0 Å². The maximum Gasteiger partial charge on any atom is 0.312 e. The predicted molar refractivity (Wildman–Crippen MR) is 84.3 cm³/mol. The molecular weight excluding hydrogens is 264 g/mol. The van der Waals surface area contributed by atoms with Gasteiger partial charge in [-0.1, -0.05) is 6.07 Å². The third-order valence-electron chi connectivity index (χ3n) is 3.56. The van der Waals surface area contributed by atoms with Crippen LogP contribution in [-0.2, 0) is 6.54 Å². The number of primary amides is 1. The number of hydrogen-bond acceptors (Lipinski definition) is 2. The molecule has 1 aliphatic rings. The molecule has 0 radical (unpaired) electrons. The molecule has 0 unspecified atom stereocenters. The minimum atomic E-state index is -0.523. The predicted octanol–water partition coefficient (Wildman–Crippen LogP) is 2.83. The van der Waals surface area contributed by atoms with E-state index in [1.165, 1.54) is 0 Å². The molecule has 1 aromatic carbocycles. The van der Waals surface area contributed by atoms with Crippen LogP contribution in [0.5, 0.6) is 0 Å². The first kappa shape index (κ1) is 13.2. The molecule has 106 valence electrons. The molecular formula is C16H16N4O. The molecule has 0 spiro atoms. The van der Waals surface area contributed by atoms with Crippen LogP contribution in [0.25, 0.3) is 11.1 Å². The number of carbonyl (C=O) groups excluding carboxylic acids is 1. The molecule has 2 aromatic rings. The molecule has 0 bridgehead atoms. The third-order valence-corrected chi connectivity index (χ3v) is 3.56. The van der Waals surface area contributed by atoms with Crippen LogP contribution in [0.1, 0.15) is 23.7 Å². The Morgan fingerprint density at radius 1 is 1.38 bits per heavy atom. The topological polar surface area (TPSA) is 83.3 Å². The summed E-state index contributed by atoms with van der Waals surface area (Å²) in [4.78, 5) is 18.5. The van der Waals surface area contributed by atoms with Gasteiger partial charge in [0.15, 0.2) is 0 Å². The van der Waals surface area contributed by atoms with Gasteiger partial charge in [0, 0.05) is 35.8 Å². The van der Waals surface area contributed by atoms with Gasteiger partial charge in [0.2, 0.25) is 0 Å². The summed E-state index contributed by atoms with van der Waals surface area (Å²) < 4.78 is 0. The quantitative estimate of drug-likeness (QED) is 0.793.